The lowest BCUT2D eigenvalue weighted by molar-refractivity contribution is -0.119. The van der Waals surface area contributed by atoms with Crippen molar-refractivity contribution in [2.75, 3.05) is 21.2 Å². The van der Waals surface area contributed by atoms with Gasteiger partial charge in [0, 0.05) is 14.1 Å². The number of methoxy groups -OCH3 is 1. The third-order valence-corrected chi connectivity index (χ3v) is 1.31. The molecule has 0 atom stereocenters. The van der Waals surface area contributed by atoms with Crippen molar-refractivity contribution in [3.8, 4) is 0 Å². The molecule has 0 spiro atoms. The van der Waals surface area contributed by atoms with Crippen molar-refractivity contribution in [1.82, 2.24) is 10.6 Å². The maximum absolute atomic E-state index is 10.8. The quantitative estimate of drug-likeness (QED) is 0.356. The second kappa shape index (κ2) is 7.15. The summed E-state index contributed by atoms with van der Waals surface area (Å²) in [4.78, 5) is 14.5. The Morgan fingerprint density at radius 2 is 2.31 bits per heavy atom. The summed E-state index contributed by atoms with van der Waals surface area (Å²) in [5.74, 6) is 0.444. The van der Waals surface area contributed by atoms with E-state index in [9.17, 15) is 4.79 Å². The van der Waals surface area contributed by atoms with Crippen molar-refractivity contribution in [3.63, 3.8) is 0 Å². The normalized spacial score (nSPS) is 11.5. The molecule has 0 aromatic rings. The average molecular weight is 185 g/mol. The van der Waals surface area contributed by atoms with Crippen molar-refractivity contribution >= 4 is 12.2 Å². The first-order valence-corrected chi connectivity index (χ1v) is 3.86. The van der Waals surface area contributed by atoms with Gasteiger partial charge in [-0.1, -0.05) is 0 Å². The molecule has 13 heavy (non-hydrogen) atoms. The van der Waals surface area contributed by atoms with Crippen LogP contribution in [0, 0.1) is 0 Å². The summed E-state index contributed by atoms with van der Waals surface area (Å²) >= 11 is 0. The number of hydrogen-bond acceptors (Lipinski definition) is 3. The number of rotatable bonds is 5. The first-order chi connectivity index (χ1) is 6.24. The van der Waals surface area contributed by atoms with Gasteiger partial charge in [0.25, 0.3) is 0 Å². The third kappa shape index (κ3) is 5.72. The topological polar surface area (TPSA) is 62.7 Å². The van der Waals surface area contributed by atoms with E-state index >= 15 is 0 Å². The van der Waals surface area contributed by atoms with Gasteiger partial charge in [0.2, 0.25) is 5.91 Å². The molecule has 2 N–H and O–H groups in total. The lowest BCUT2D eigenvalue weighted by atomic mass is 10.4. The van der Waals surface area contributed by atoms with Gasteiger partial charge in [-0.2, -0.15) is 0 Å². The van der Waals surface area contributed by atoms with Gasteiger partial charge in [0.05, 0.1) is 19.9 Å². The van der Waals surface area contributed by atoms with Crippen LogP contribution in [0.4, 0.5) is 0 Å². The smallest absolute Gasteiger partial charge is 0.223 e. The number of amides is 1. The van der Waals surface area contributed by atoms with Crippen LogP contribution in [-0.4, -0.2) is 33.5 Å². The zero-order valence-electron chi connectivity index (χ0n) is 8.13. The summed E-state index contributed by atoms with van der Waals surface area (Å²) < 4.78 is 4.93. The van der Waals surface area contributed by atoms with Gasteiger partial charge in [-0.05, 0) is 6.08 Å². The fourth-order valence-electron chi connectivity index (χ4n) is 0.617. The summed E-state index contributed by atoms with van der Waals surface area (Å²) in [6.07, 6.45) is 3.41. The van der Waals surface area contributed by atoms with Crippen LogP contribution < -0.4 is 10.6 Å². The number of aliphatic imine (C=N–C) groups is 1. The summed E-state index contributed by atoms with van der Waals surface area (Å²) in [6, 6.07) is 0. The van der Waals surface area contributed by atoms with E-state index in [1.165, 1.54) is 13.4 Å². The van der Waals surface area contributed by atoms with Crippen LogP contribution in [0.5, 0.6) is 0 Å². The maximum atomic E-state index is 10.8. The van der Waals surface area contributed by atoms with Gasteiger partial charge in [0.1, 0.15) is 0 Å². The molecule has 0 saturated heterocycles. The van der Waals surface area contributed by atoms with E-state index in [0.29, 0.717) is 5.88 Å². The van der Waals surface area contributed by atoms with Gasteiger partial charge in [0.15, 0.2) is 5.88 Å². The highest BCUT2D eigenvalue weighted by Gasteiger charge is 1.96. The summed E-state index contributed by atoms with van der Waals surface area (Å²) in [5.41, 5.74) is 0. The number of hydrogen-bond donors (Lipinski definition) is 2. The largest absolute Gasteiger partial charge is 0.482 e. The molecule has 0 unspecified atom stereocenters. The molecule has 0 aliphatic heterocycles. The molecule has 0 aliphatic carbocycles. The van der Waals surface area contributed by atoms with E-state index in [1.807, 2.05) is 0 Å². The number of carbonyl (C=O) groups excluding carboxylic acids is 1. The van der Waals surface area contributed by atoms with Crippen LogP contribution in [0.2, 0.25) is 0 Å². The van der Waals surface area contributed by atoms with Crippen LogP contribution in [0.1, 0.15) is 6.42 Å². The Bertz CT molecular complexity index is 211. The van der Waals surface area contributed by atoms with Gasteiger partial charge in [-0.25, -0.2) is 0 Å². The Morgan fingerprint density at radius 3 is 2.77 bits per heavy atom. The third-order valence-electron chi connectivity index (χ3n) is 1.31. The zero-order valence-corrected chi connectivity index (χ0v) is 8.13. The molecule has 0 saturated carbocycles. The summed E-state index contributed by atoms with van der Waals surface area (Å²) in [5, 5.41) is 5.27. The molecule has 0 aromatic heterocycles. The Labute approximate surface area is 77.9 Å². The Kier molecular flexibility index (Phi) is 6.31. The second-order valence-electron chi connectivity index (χ2n) is 2.18. The molecular weight excluding hydrogens is 170 g/mol. The van der Waals surface area contributed by atoms with Crippen LogP contribution in [0.25, 0.3) is 0 Å². The molecule has 0 heterocycles. The van der Waals surface area contributed by atoms with Gasteiger partial charge < -0.3 is 15.4 Å². The van der Waals surface area contributed by atoms with Crippen molar-refractivity contribution in [1.29, 1.82) is 0 Å². The van der Waals surface area contributed by atoms with Gasteiger partial charge >= 0.3 is 0 Å². The Hall–Kier alpha value is -1.52. The van der Waals surface area contributed by atoms with Crippen molar-refractivity contribution < 1.29 is 9.53 Å². The molecule has 5 nitrogen and oxygen atoms in total. The lowest BCUT2D eigenvalue weighted by Gasteiger charge is -2.03. The number of carbonyl (C=O) groups is 1. The summed E-state index contributed by atoms with van der Waals surface area (Å²) in [7, 11) is 4.74. The number of ether oxygens (including phenoxy) is 1. The first-order valence-electron chi connectivity index (χ1n) is 3.86. The fourth-order valence-corrected chi connectivity index (χ4v) is 0.617. The molecule has 1 amide bonds. The number of nitrogens with zero attached hydrogens (tertiary/aromatic N) is 1. The SMILES string of the molecule is CN=CN/C(=C\CC(=O)NC)OC. The number of nitrogens with one attached hydrogen (secondary N) is 2. The predicted octanol–water partition coefficient (Wildman–Crippen LogP) is -0.142. The van der Waals surface area contributed by atoms with Crippen LogP contribution in [0.15, 0.2) is 17.0 Å². The molecule has 0 aliphatic rings. The molecule has 0 fully saturated rings. The van der Waals surface area contributed by atoms with E-state index in [4.69, 9.17) is 4.74 Å². The Morgan fingerprint density at radius 1 is 1.62 bits per heavy atom. The van der Waals surface area contributed by atoms with E-state index in [-0.39, 0.29) is 12.3 Å². The predicted molar refractivity (Wildman–Crippen MR) is 51.3 cm³/mol. The molecule has 0 bridgehead atoms. The fraction of sp³-hybridized carbons (Fsp3) is 0.500. The van der Waals surface area contributed by atoms with E-state index < -0.39 is 0 Å². The minimum absolute atomic E-state index is 0.0650. The van der Waals surface area contributed by atoms with Gasteiger partial charge in [-0.3, -0.25) is 9.79 Å². The van der Waals surface area contributed by atoms with E-state index in [2.05, 4.69) is 15.6 Å². The van der Waals surface area contributed by atoms with Crippen LogP contribution in [-0.2, 0) is 9.53 Å². The summed E-state index contributed by atoms with van der Waals surface area (Å²) in [6.45, 7) is 0. The average Bonchev–Trinajstić information content (AvgIpc) is 2.17. The lowest BCUT2D eigenvalue weighted by Crippen LogP contribution is -2.18. The second-order valence-corrected chi connectivity index (χ2v) is 2.18. The van der Waals surface area contributed by atoms with Gasteiger partial charge in [-0.15, -0.1) is 0 Å². The molecule has 74 valence electrons. The minimum Gasteiger partial charge on any atom is -0.482 e. The van der Waals surface area contributed by atoms with Crippen LogP contribution >= 0.6 is 0 Å². The van der Waals surface area contributed by atoms with Crippen molar-refractivity contribution in [2.45, 2.75) is 6.42 Å². The van der Waals surface area contributed by atoms with Crippen molar-refractivity contribution in [3.05, 3.63) is 12.0 Å². The zero-order chi connectivity index (χ0) is 10.1. The molecule has 5 heteroatoms. The standard InChI is InChI=1S/C8H15N3O2/c1-9-6-11-8(13-3)5-4-7(12)10-2/h5-6H,4H2,1-3H3,(H,9,11)(H,10,12)/b8-5+. The molecule has 0 radical (unpaired) electrons. The molecule has 0 rings (SSSR count). The monoisotopic (exact) mass is 185 g/mol. The highest BCUT2D eigenvalue weighted by molar-refractivity contribution is 5.77. The van der Waals surface area contributed by atoms with Crippen LogP contribution in [0.3, 0.4) is 0 Å². The first kappa shape index (κ1) is 11.5. The molecular formula is C8H15N3O2. The minimum atomic E-state index is -0.0650. The molecule has 0 aromatic carbocycles. The highest BCUT2D eigenvalue weighted by atomic mass is 16.5. The van der Waals surface area contributed by atoms with Crippen molar-refractivity contribution in [2.24, 2.45) is 4.99 Å². The Balaban J connectivity index is 3.98. The van der Waals surface area contributed by atoms with E-state index in [0.717, 1.165) is 0 Å². The maximum Gasteiger partial charge on any atom is 0.223 e. The van der Waals surface area contributed by atoms with E-state index in [1.54, 1.807) is 20.2 Å². The highest BCUT2D eigenvalue weighted by Crippen LogP contribution is 1.91.